The van der Waals surface area contributed by atoms with E-state index in [4.69, 9.17) is 10.2 Å². The second kappa shape index (κ2) is 4.47. The van der Waals surface area contributed by atoms with Crippen LogP contribution in [0.15, 0.2) is 12.7 Å². The second-order valence-electron chi connectivity index (χ2n) is 1.91. The van der Waals surface area contributed by atoms with Crippen LogP contribution in [0.25, 0.3) is 0 Å². The summed E-state index contributed by atoms with van der Waals surface area (Å²) in [6.07, 6.45) is 0.761. The van der Waals surface area contributed by atoms with E-state index < -0.39 is 17.7 Å². The lowest BCUT2D eigenvalue weighted by molar-refractivity contribution is -0.214. The minimum Gasteiger partial charge on any atom is -0.476 e. The van der Waals surface area contributed by atoms with Gasteiger partial charge in [-0.1, -0.05) is 6.58 Å². The largest absolute Gasteiger partial charge is 0.476 e. The minimum absolute atomic E-state index is 0. The van der Waals surface area contributed by atoms with Gasteiger partial charge in [-0.05, 0) is 0 Å². The van der Waals surface area contributed by atoms with Gasteiger partial charge in [0.05, 0.1) is 0 Å². The molecular formula is C6H11NO5. The van der Waals surface area contributed by atoms with Crippen molar-refractivity contribution in [2.45, 2.75) is 12.7 Å². The average molecular weight is 177 g/mol. The fourth-order valence-corrected chi connectivity index (χ4v) is 0.281. The number of hydrogen-bond acceptors (Lipinski definition) is 5. The van der Waals surface area contributed by atoms with Gasteiger partial charge in [0.25, 0.3) is 0 Å². The average Bonchev–Trinajstić information content (AvgIpc) is 1.86. The molecule has 0 saturated carbocycles. The maximum atomic E-state index is 10.4. The van der Waals surface area contributed by atoms with Gasteiger partial charge >= 0.3 is 17.7 Å². The summed E-state index contributed by atoms with van der Waals surface area (Å²) in [5.41, 5.74) is 0. The quantitative estimate of drug-likeness (QED) is 0.308. The minimum atomic E-state index is -2.48. The topological polar surface area (TPSA) is 119 Å². The van der Waals surface area contributed by atoms with Crippen LogP contribution in [0.4, 0.5) is 0 Å². The Morgan fingerprint density at radius 3 is 2.25 bits per heavy atom. The van der Waals surface area contributed by atoms with Crippen LogP contribution in [0.2, 0.25) is 0 Å². The number of hydrogen-bond donors (Lipinski definition) is 3. The fourth-order valence-electron chi connectivity index (χ4n) is 0.281. The van der Waals surface area contributed by atoms with Gasteiger partial charge in [0, 0.05) is 13.0 Å². The van der Waals surface area contributed by atoms with E-state index in [1.807, 2.05) is 0 Å². The number of esters is 1. The van der Waals surface area contributed by atoms with E-state index in [0.717, 1.165) is 13.0 Å². The van der Waals surface area contributed by atoms with Crippen molar-refractivity contribution < 1.29 is 24.5 Å². The smallest absolute Gasteiger partial charge is 0.376 e. The number of ether oxygens (including phenoxy) is 1. The predicted octanol–water partition coefficient (Wildman–Crippen LogP) is -0.329. The maximum Gasteiger partial charge on any atom is 0.376 e. The third-order valence-electron chi connectivity index (χ3n) is 0.863. The van der Waals surface area contributed by atoms with E-state index >= 15 is 0 Å². The van der Waals surface area contributed by atoms with Gasteiger partial charge in [-0.3, -0.25) is 0 Å². The Kier molecular flexibility index (Phi) is 4.92. The van der Waals surface area contributed by atoms with E-state index in [2.05, 4.69) is 11.3 Å². The van der Waals surface area contributed by atoms with Crippen molar-refractivity contribution in [1.29, 1.82) is 0 Å². The molecule has 1 unspecified atom stereocenters. The summed E-state index contributed by atoms with van der Waals surface area (Å²) in [5.74, 6) is -5.10. The molecule has 0 fully saturated rings. The molecule has 6 nitrogen and oxygen atoms in total. The lowest BCUT2D eigenvalue weighted by atomic mass is 10.3. The third-order valence-corrected chi connectivity index (χ3v) is 0.863. The van der Waals surface area contributed by atoms with Crippen LogP contribution >= 0.6 is 0 Å². The highest BCUT2D eigenvalue weighted by Crippen LogP contribution is 2.05. The van der Waals surface area contributed by atoms with Gasteiger partial charge < -0.3 is 21.1 Å². The summed E-state index contributed by atoms with van der Waals surface area (Å²) in [6, 6.07) is 0. The normalized spacial score (nSPS) is 13.5. The van der Waals surface area contributed by atoms with Gasteiger partial charge in [-0.15, -0.1) is 0 Å². The molecule has 0 rings (SSSR count). The first-order chi connectivity index (χ1) is 4.90. The Morgan fingerprint density at radius 2 is 2.00 bits per heavy atom. The van der Waals surface area contributed by atoms with Gasteiger partial charge in [-0.25, -0.2) is 9.59 Å². The molecule has 0 heterocycles. The third kappa shape index (κ3) is 3.69. The van der Waals surface area contributed by atoms with Crippen LogP contribution in [0.5, 0.6) is 0 Å². The molecule has 0 aromatic carbocycles. The van der Waals surface area contributed by atoms with Crippen molar-refractivity contribution >= 4 is 11.9 Å². The number of carbonyl (C=O) groups excluding carboxylic acids is 1. The van der Waals surface area contributed by atoms with Gasteiger partial charge in [0.1, 0.15) is 0 Å². The summed E-state index contributed by atoms with van der Waals surface area (Å²) < 4.78 is 4.05. The van der Waals surface area contributed by atoms with E-state index in [1.54, 1.807) is 0 Å². The zero-order valence-electron chi connectivity index (χ0n) is 6.61. The SMILES string of the molecule is C=CC(=O)OC(C)(O)C(=O)O.N. The maximum absolute atomic E-state index is 10.4. The van der Waals surface area contributed by atoms with Crippen LogP contribution in [0.1, 0.15) is 6.92 Å². The second-order valence-corrected chi connectivity index (χ2v) is 1.91. The molecule has 0 aliphatic heterocycles. The Balaban J connectivity index is 0. The molecule has 0 radical (unpaired) electrons. The highest BCUT2D eigenvalue weighted by atomic mass is 16.7. The van der Waals surface area contributed by atoms with Crippen LogP contribution in [0, 0.1) is 0 Å². The van der Waals surface area contributed by atoms with E-state index in [0.29, 0.717) is 0 Å². The van der Waals surface area contributed by atoms with Crippen molar-refractivity contribution in [2.24, 2.45) is 0 Å². The summed E-state index contributed by atoms with van der Waals surface area (Å²) in [4.78, 5) is 20.5. The zero-order chi connectivity index (χ0) is 9.07. The van der Waals surface area contributed by atoms with Crippen LogP contribution < -0.4 is 6.15 Å². The highest BCUT2D eigenvalue weighted by molar-refractivity contribution is 5.85. The number of carbonyl (C=O) groups is 2. The predicted molar refractivity (Wildman–Crippen MR) is 39.6 cm³/mol. The lowest BCUT2D eigenvalue weighted by Gasteiger charge is -2.16. The Bertz CT molecular complexity index is 198. The van der Waals surface area contributed by atoms with Gasteiger partial charge in [-0.2, -0.15) is 0 Å². The molecule has 0 saturated heterocycles. The Hall–Kier alpha value is -1.40. The van der Waals surface area contributed by atoms with E-state index in [9.17, 15) is 9.59 Å². The standard InChI is InChI=1S/C6H8O5.H3N/c1-3-4(7)11-6(2,10)5(8)9;/h3,10H,1H2,2H3,(H,8,9);1H3. The van der Waals surface area contributed by atoms with E-state index in [-0.39, 0.29) is 6.15 Å². The number of carboxylic acids is 1. The van der Waals surface area contributed by atoms with E-state index in [1.165, 1.54) is 0 Å². The van der Waals surface area contributed by atoms with Crippen LogP contribution in [-0.4, -0.2) is 27.9 Å². The Labute approximate surface area is 69.0 Å². The lowest BCUT2D eigenvalue weighted by Crippen LogP contribution is -2.39. The number of aliphatic hydroxyl groups is 1. The molecule has 0 aromatic rings. The molecular weight excluding hydrogens is 166 g/mol. The van der Waals surface area contributed by atoms with Crippen molar-refractivity contribution in [3.8, 4) is 0 Å². The summed E-state index contributed by atoms with van der Waals surface area (Å²) in [5, 5.41) is 17.0. The van der Waals surface area contributed by atoms with Gasteiger partial charge in [0.2, 0.25) is 0 Å². The molecule has 0 aromatic heterocycles. The molecule has 0 bridgehead atoms. The first-order valence-corrected chi connectivity index (χ1v) is 2.71. The monoisotopic (exact) mass is 177 g/mol. The van der Waals surface area contributed by atoms with Crippen molar-refractivity contribution in [1.82, 2.24) is 6.15 Å². The summed E-state index contributed by atoms with van der Waals surface area (Å²) in [7, 11) is 0. The first-order valence-electron chi connectivity index (χ1n) is 2.71. The molecule has 70 valence electrons. The van der Waals surface area contributed by atoms with Crippen molar-refractivity contribution in [2.75, 3.05) is 0 Å². The Morgan fingerprint density at radius 1 is 1.58 bits per heavy atom. The molecule has 5 N–H and O–H groups in total. The molecule has 12 heavy (non-hydrogen) atoms. The number of aliphatic carboxylic acids is 1. The number of carboxylic acid groups (broad SMARTS) is 1. The zero-order valence-corrected chi connectivity index (χ0v) is 6.61. The van der Waals surface area contributed by atoms with Crippen molar-refractivity contribution in [3.63, 3.8) is 0 Å². The van der Waals surface area contributed by atoms with Gasteiger partial charge in [0.15, 0.2) is 0 Å². The summed E-state index contributed by atoms with van der Waals surface area (Å²) >= 11 is 0. The fraction of sp³-hybridized carbons (Fsp3) is 0.333. The molecule has 6 heteroatoms. The van der Waals surface area contributed by atoms with Crippen LogP contribution in [0.3, 0.4) is 0 Å². The molecule has 0 aliphatic rings. The van der Waals surface area contributed by atoms with Crippen molar-refractivity contribution in [3.05, 3.63) is 12.7 Å². The molecule has 0 aliphatic carbocycles. The molecule has 0 amide bonds. The van der Waals surface area contributed by atoms with Crippen LogP contribution in [-0.2, 0) is 14.3 Å². The first kappa shape index (κ1) is 13.2. The highest BCUT2D eigenvalue weighted by Gasteiger charge is 2.33. The molecule has 0 spiro atoms. The summed E-state index contributed by atoms with van der Waals surface area (Å²) in [6.45, 7) is 3.87. The molecule has 1 atom stereocenters. The number of rotatable bonds is 3.